The quantitative estimate of drug-likeness (QED) is 0.350. The van der Waals surface area contributed by atoms with Crippen molar-refractivity contribution in [3.8, 4) is 0 Å². The Bertz CT molecular complexity index is 637. The number of aliphatic hydroxyl groups is 1. The maximum Gasteiger partial charge on any atom is 0.0577 e. The fourth-order valence-corrected chi connectivity index (χ4v) is 9.92. The lowest BCUT2D eigenvalue weighted by atomic mass is 9.43. The predicted molar refractivity (Wildman–Crippen MR) is 140 cm³/mol. The topological polar surface area (TPSA) is 58.3 Å². The Morgan fingerprint density at radius 1 is 0.879 bits per heavy atom. The lowest BCUT2D eigenvalue weighted by Gasteiger charge is -2.62. The van der Waals surface area contributed by atoms with E-state index in [1.807, 2.05) is 0 Å². The largest absolute Gasteiger partial charge is 0.393 e. The standard InChI is InChI=1S/C30H56N2O/c1-20(2)8-6-9-21(3)24-10-11-25-23-19-28(33)27-18-22(32-17-7-16-31)12-14-30(27,5)26(23)13-15-29(24,25)4/h20-28,32-33H,6-19,31H2,1-5H3/t21-,22-,23?,24-,25?,26?,27-,28-,29-,30-/m1/s1. The summed E-state index contributed by atoms with van der Waals surface area (Å²) in [5.41, 5.74) is 6.56. The molecule has 0 spiro atoms. The minimum Gasteiger partial charge on any atom is -0.393 e. The number of rotatable bonds is 9. The Labute approximate surface area is 205 Å². The molecule has 3 nitrogen and oxygen atoms in total. The fourth-order valence-electron chi connectivity index (χ4n) is 9.92. The average Bonchev–Trinajstić information content (AvgIpc) is 3.12. The van der Waals surface area contributed by atoms with E-state index >= 15 is 0 Å². The number of hydrogen-bond donors (Lipinski definition) is 3. The van der Waals surface area contributed by atoms with Crippen LogP contribution in [-0.2, 0) is 0 Å². The Morgan fingerprint density at radius 2 is 1.61 bits per heavy atom. The van der Waals surface area contributed by atoms with Crippen molar-refractivity contribution in [2.45, 2.75) is 124 Å². The highest BCUT2D eigenvalue weighted by atomic mass is 16.3. The zero-order chi connectivity index (χ0) is 23.8. The zero-order valence-corrected chi connectivity index (χ0v) is 22.6. The lowest BCUT2D eigenvalue weighted by Crippen LogP contribution is -2.59. The molecule has 0 bridgehead atoms. The van der Waals surface area contributed by atoms with E-state index < -0.39 is 0 Å². The SMILES string of the molecule is CC(C)CCC[C@@H](C)[C@H]1CCC2C3C[C@@H](O)[C@H]4C[C@H](NCCCN)CC[C@]4(C)C3CC[C@@]21C. The summed E-state index contributed by atoms with van der Waals surface area (Å²) in [4.78, 5) is 0. The molecule has 0 amide bonds. The summed E-state index contributed by atoms with van der Waals surface area (Å²) in [6, 6.07) is 0.581. The number of hydrogen-bond acceptors (Lipinski definition) is 3. The van der Waals surface area contributed by atoms with E-state index in [1.165, 1.54) is 64.2 Å². The van der Waals surface area contributed by atoms with Gasteiger partial charge in [0.1, 0.15) is 0 Å². The van der Waals surface area contributed by atoms with Crippen molar-refractivity contribution in [2.75, 3.05) is 13.1 Å². The molecule has 33 heavy (non-hydrogen) atoms. The molecular weight excluding hydrogens is 404 g/mol. The minimum atomic E-state index is -0.0970. The number of aliphatic hydroxyl groups excluding tert-OH is 1. The smallest absolute Gasteiger partial charge is 0.0577 e. The molecule has 0 saturated heterocycles. The second-order valence-corrected chi connectivity index (χ2v) is 13.9. The molecule has 4 aliphatic rings. The molecule has 0 aromatic heterocycles. The van der Waals surface area contributed by atoms with Crippen LogP contribution in [0.2, 0.25) is 0 Å². The van der Waals surface area contributed by atoms with Gasteiger partial charge in [0.2, 0.25) is 0 Å². The van der Waals surface area contributed by atoms with E-state index in [2.05, 4.69) is 39.9 Å². The normalized spacial score (nSPS) is 46.0. The van der Waals surface area contributed by atoms with Crippen LogP contribution in [0.3, 0.4) is 0 Å². The van der Waals surface area contributed by atoms with Crippen LogP contribution >= 0.6 is 0 Å². The summed E-state index contributed by atoms with van der Waals surface area (Å²) < 4.78 is 0. The summed E-state index contributed by atoms with van der Waals surface area (Å²) >= 11 is 0. The van der Waals surface area contributed by atoms with Crippen molar-refractivity contribution in [3.63, 3.8) is 0 Å². The van der Waals surface area contributed by atoms with Gasteiger partial charge in [0.05, 0.1) is 6.10 Å². The highest BCUT2D eigenvalue weighted by Gasteiger charge is 2.62. The summed E-state index contributed by atoms with van der Waals surface area (Å²) in [7, 11) is 0. The molecule has 0 aliphatic heterocycles. The van der Waals surface area contributed by atoms with E-state index in [4.69, 9.17) is 5.73 Å². The highest BCUT2D eigenvalue weighted by Crippen LogP contribution is 2.68. The van der Waals surface area contributed by atoms with Gasteiger partial charge in [-0.2, -0.15) is 0 Å². The Hall–Kier alpha value is -0.120. The van der Waals surface area contributed by atoms with Crippen LogP contribution in [0.5, 0.6) is 0 Å². The zero-order valence-electron chi connectivity index (χ0n) is 22.6. The van der Waals surface area contributed by atoms with Crippen LogP contribution in [0.15, 0.2) is 0 Å². The molecule has 4 saturated carbocycles. The van der Waals surface area contributed by atoms with Gasteiger partial charge in [-0.1, -0.05) is 53.9 Å². The predicted octanol–water partition coefficient (Wildman–Crippen LogP) is 6.39. The molecule has 4 rings (SSSR count). The van der Waals surface area contributed by atoms with Crippen molar-refractivity contribution >= 4 is 0 Å². The molecule has 192 valence electrons. The molecule has 4 aliphatic carbocycles. The molecule has 10 atom stereocenters. The van der Waals surface area contributed by atoms with Gasteiger partial charge in [-0.3, -0.25) is 0 Å². The van der Waals surface area contributed by atoms with Crippen LogP contribution in [0.25, 0.3) is 0 Å². The maximum absolute atomic E-state index is 11.5. The highest BCUT2D eigenvalue weighted by molar-refractivity contribution is 5.11. The molecule has 3 unspecified atom stereocenters. The summed E-state index contributed by atoms with van der Waals surface area (Å²) in [6.07, 6.45) is 15.7. The first-order chi connectivity index (χ1) is 15.7. The van der Waals surface area contributed by atoms with E-state index in [-0.39, 0.29) is 6.10 Å². The van der Waals surface area contributed by atoms with Crippen molar-refractivity contribution in [1.29, 1.82) is 0 Å². The van der Waals surface area contributed by atoms with Crippen molar-refractivity contribution < 1.29 is 5.11 Å². The Morgan fingerprint density at radius 3 is 2.33 bits per heavy atom. The summed E-state index contributed by atoms with van der Waals surface area (Å²) in [6.45, 7) is 14.3. The molecule has 3 heteroatoms. The Balaban J connectivity index is 1.43. The maximum atomic E-state index is 11.5. The van der Waals surface area contributed by atoms with E-state index in [1.54, 1.807) is 0 Å². The molecular formula is C30H56N2O. The second kappa shape index (κ2) is 10.5. The van der Waals surface area contributed by atoms with E-state index in [9.17, 15) is 5.11 Å². The van der Waals surface area contributed by atoms with Crippen LogP contribution in [0.4, 0.5) is 0 Å². The lowest BCUT2D eigenvalue weighted by molar-refractivity contribution is -0.162. The molecule has 0 radical (unpaired) electrons. The third kappa shape index (κ3) is 4.94. The van der Waals surface area contributed by atoms with Gasteiger partial charge in [0.15, 0.2) is 0 Å². The second-order valence-electron chi connectivity index (χ2n) is 13.9. The monoisotopic (exact) mass is 460 g/mol. The third-order valence-corrected chi connectivity index (χ3v) is 11.7. The van der Waals surface area contributed by atoms with Gasteiger partial charge < -0.3 is 16.2 Å². The van der Waals surface area contributed by atoms with E-state index in [0.29, 0.717) is 22.8 Å². The first-order valence-electron chi connectivity index (χ1n) is 14.8. The van der Waals surface area contributed by atoms with Gasteiger partial charge in [-0.25, -0.2) is 0 Å². The van der Waals surface area contributed by atoms with Crippen LogP contribution in [-0.4, -0.2) is 30.3 Å². The molecule has 0 aromatic rings. The first-order valence-corrected chi connectivity index (χ1v) is 14.8. The molecule has 4 N–H and O–H groups in total. The van der Waals surface area contributed by atoms with E-state index in [0.717, 1.165) is 61.4 Å². The number of fused-ring (bicyclic) bond motifs is 5. The number of nitrogens with two attached hydrogens (primary N) is 1. The van der Waals surface area contributed by atoms with Gasteiger partial charge in [-0.05, 0) is 123 Å². The van der Waals surface area contributed by atoms with Crippen LogP contribution < -0.4 is 11.1 Å². The number of nitrogens with one attached hydrogen (secondary N) is 1. The molecule has 0 aromatic carbocycles. The molecule has 0 heterocycles. The Kier molecular flexibility index (Phi) is 8.24. The third-order valence-electron chi connectivity index (χ3n) is 11.7. The average molecular weight is 461 g/mol. The summed E-state index contributed by atoms with van der Waals surface area (Å²) in [5.74, 6) is 5.53. The van der Waals surface area contributed by atoms with Gasteiger partial charge >= 0.3 is 0 Å². The van der Waals surface area contributed by atoms with Gasteiger partial charge in [0, 0.05) is 6.04 Å². The van der Waals surface area contributed by atoms with Crippen molar-refractivity contribution in [3.05, 3.63) is 0 Å². The van der Waals surface area contributed by atoms with Crippen LogP contribution in [0.1, 0.15) is 112 Å². The fraction of sp³-hybridized carbons (Fsp3) is 1.00. The van der Waals surface area contributed by atoms with Gasteiger partial charge in [0.25, 0.3) is 0 Å². The van der Waals surface area contributed by atoms with Crippen molar-refractivity contribution in [2.24, 2.45) is 58.0 Å². The van der Waals surface area contributed by atoms with Crippen LogP contribution in [0, 0.1) is 52.3 Å². The first kappa shape index (κ1) is 26.0. The summed E-state index contributed by atoms with van der Waals surface area (Å²) in [5, 5.41) is 15.3. The van der Waals surface area contributed by atoms with Gasteiger partial charge in [-0.15, -0.1) is 0 Å². The minimum absolute atomic E-state index is 0.0970. The molecule has 4 fully saturated rings. The van der Waals surface area contributed by atoms with Crippen molar-refractivity contribution in [1.82, 2.24) is 5.32 Å².